The Balaban J connectivity index is 1.40. The molecule has 1 aromatic carbocycles. The number of nitrogens with one attached hydrogen (secondary N) is 1. The standard InChI is InChI=1S/C29H31N7O2/c1-3-35(4-2)28(37)20-10-9-17-36(19-20)29(38)32-21-13-14-22-25(18-21)34-27(24-12-6-8-16-31-24)26(33-22)23-11-5-7-15-30-23/h5-8,11-16,18,20H,3-4,9-10,17,19H2,1-2H3,(H,32,38)/t20-/m0/s1. The summed E-state index contributed by atoms with van der Waals surface area (Å²) in [6.07, 6.45) is 5.05. The number of carbonyl (C=O) groups excluding carboxylic acids is 2. The van der Waals surface area contributed by atoms with E-state index in [0.29, 0.717) is 65.7 Å². The number of aromatic nitrogens is 4. The van der Waals surface area contributed by atoms with E-state index in [2.05, 4.69) is 15.3 Å². The van der Waals surface area contributed by atoms with E-state index in [1.807, 2.05) is 73.3 Å². The second kappa shape index (κ2) is 11.3. The lowest BCUT2D eigenvalue weighted by molar-refractivity contribution is -0.136. The molecule has 4 aromatic rings. The molecule has 4 heterocycles. The van der Waals surface area contributed by atoms with Crippen LogP contribution in [-0.2, 0) is 4.79 Å². The number of urea groups is 1. The summed E-state index contributed by atoms with van der Waals surface area (Å²) in [5, 5.41) is 2.99. The van der Waals surface area contributed by atoms with Crippen molar-refractivity contribution in [3.05, 3.63) is 67.0 Å². The Bertz CT molecular complexity index is 1430. The Morgan fingerprint density at radius 3 is 2.18 bits per heavy atom. The van der Waals surface area contributed by atoms with Crippen LogP contribution >= 0.6 is 0 Å². The number of pyridine rings is 2. The molecule has 1 N–H and O–H groups in total. The number of amides is 3. The molecule has 3 aromatic heterocycles. The predicted octanol–water partition coefficient (Wildman–Crippen LogP) is 4.87. The first-order valence-electron chi connectivity index (χ1n) is 13.1. The topological polar surface area (TPSA) is 104 Å². The van der Waals surface area contributed by atoms with E-state index in [9.17, 15) is 9.59 Å². The average molecular weight is 510 g/mol. The Kier molecular flexibility index (Phi) is 7.53. The fraction of sp³-hybridized carbons (Fsp3) is 0.310. The van der Waals surface area contributed by atoms with Gasteiger partial charge in [-0.2, -0.15) is 0 Å². The van der Waals surface area contributed by atoms with Crippen LogP contribution in [0.25, 0.3) is 33.8 Å². The van der Waals surface area contributed by atoms with Gasteiger partial charge in [0.05, 0.1) is 28.3 Å². The summed E-state index contributed by atoms with van der Waals surface area (Å²) >= 11 is 0. The van der Waals surface area contributed by atoms with Crippen LogP contribution in [0.15, 0.2) is 67.0 Å². The molecule has 3 amide bonds. The highest BCUT2D eigenvalue weighted by Crippen LogP contribution is 2.30. The highest BCUT2D eigenvalue weighted by atomic mass is 16.2. The van der Waals surface area contributed by atoms with Crippen LogP contribution in [0.1, 0.15) is 26.7 Å². The number of fused-ring (bicyclic) bond motifs is 1. The molecule has 1 atom stereocenters. The third kappa shape index (κ3) is 5.32. The average Bonchev–Trinajstić information content (AvgIpc) is 2.98. The smallest absolute Gasteiger partial charge is 0.321 e. The lowest BCUT2D eigenvalue weighted by Crippen LogP contribution is -2.47. The number of hydrogen-bond acceptors (Lipinski definition) is 6. The minimum Gasteiger partial charge on any atom is -0.343 e. The lowest BCUT2D eigenvalue weighted by Gasteiger charge is -2.34. The van der Waals surface area contributed by atoms with E-state index in [-0.39, 0.29) is 17.9 Å². The predicted molar refractivity (Wildman–Crippen MR) is 147 cm³/mol. The molecule has 38 heavy (non-hydrogen) atoms. The van der Waals surface area contributed by atoms with Gasteiger partial charge in [0.25, 0.3) is 0 Å². The second-order valence-electron chi connectivity index (χ2n) is 9.28. The fourth-order valence-electron chi connectivity index (χ4n) is 4.85. The number of rotatable bonds is 6. The number of piperidine rings is 1. The van der Waals surface area contributed by atoms with Crippen molar-refractivity contribution >= 4 is 28.7 Å². The highest BCUT2D eigenvalue weighted by Gasteiger charge is 2.30. The molecule has 194 valence electrons. The molecule has 1 saturated heterocycles. The summed E-state index contributed by atoms with van der Waals surface area (Å²) in [7, 11) is 0. The Labute approximate surface area is 222 Å². The number of benzene rings is 1. The van der Waals surface area contributed by atoms with Crippen LogP contribution in [0.4, 0.5) is 10.5 Å². The highest BCUT2D eigenvalue weighted by molar-refractivity contribution is 5.93. The molecule has 9 heteroatoms. The zero-order valence-corrected chi connectivity index (χ0v) is 21.7. The van der Waals surface area contributed by atoms with Crippen LogP contribution in [0.3, 0.4) is 0 Å². The zero-order valence-electron chi connectivity index (χ0n) is 21.7. The third-order valence-corrected chi connectivity index (χ3v) is 6.86. The van der Waals surface area contributed by atoms with E-state index in [0.717, 1.165) is 12.8 Å². The molecule has 1 aliphatic heterocycles. The molecular weight excluding hydrogens is 478 g/mol. The Hall–Kier alpha value is -4.40. The van der Waals surface area contributed by atoms with Gasteiger partial charge < -0.3 is 15.1 Å². The summed E-state index contributed by atoms with van der Waals surface area (Å²) in [4.78, 5) is 48.3. The molecule has 0 aliphatic carbocycles. The van der Waals surface area contributed by atoms with Crippen molar-refractivity contribution in [2.75, 3.05) is 31.5 Å². The zero-order chi connectivity index (χ0) is 26.5. The van der Waals surface area contributed by atoms with E-state index >= 15 is 0 Å². The van der Waals surface area contributed by atoms with Gasteiger partial charge in [-0.05, 0) is 69.2 Å². The quantitative estimate of drug-likeness (QED) is 0.398. The fourth-order valence-corrected chi connectivity index (χ4v) is 4.85. The van der Waals surface area contributed by atoms with Gasteiger partial charge in [0.2, 0.25) is 5.91 Å². The van der Waals surface area contributed by atoms with Crippen molar-refractivity contribution in [2.24, 2.45) is 5.92 Å². The molecule has 0 saturated carbocycles. The van der Waals surface area contributed by atoms with E-state index in [4.69, 9.17) is 9.97 Å². The number of hydrogen-bond donors (Lipinski definition) is 1. The van der Waals surface area contributed by atoms with Crippen LogP contribution < -0.4 is 5.32 Å². The van der Waals surface area contributed by atoms with Crippen LogP contribution in [0.5, 0.6) is 0 Å². The van der Waals surface area contributed by atoms with Gasteiger partial charge in [0.1, 0.15) is 11.4 Å². The monoisotopic (exact) mass is 509 g/mol. The Morgan fingerprint density at radius 2 is 1.58 bits per heavy atom. The summed E-state index contributed by atoms with van der Waals surface area (Å²) in [5.74, 6) is -0.0398. The van der Waals surface area contributed by atoms with Gasteiger partial charge in [0.15, 0.2) is 0 Å². The summed E-state index contributed by atoms with van der Waals surface area (Å²) in [6.45, 7) is 6.37. The van der Waals surface area contributed by atoms with Crippen molar-refractivity contribution in [2.45, 2.75) is 26.7 Å². The largest absolute Gasteiger partial charge is 0.343 e. The molecule has 0 bridgehead atoms. The molecule has 1 fully saturated rings. The van der Waals surface area contributed by atoms with Crippen LogP contribution in [-0.4, -0.2) is 67.9 Å². The minimum atomic E-state index is -0.218. The van der Waals surface area contributed by atoms with E-state index in [1.165, 1.54) is 0 Å². The lowest BCUT2D eigenvalue weighted by atomic mass is 9.96. The second-order valence-corrected chi connectivity index (χ2v) is 9.28. The third-order valence-electron chi connectivity index (χ3n) is 6.86. The normalized spacial score (nSPS) is 15.3. The molecular formula is C29H31N7O2. The van der Waals surface area contributed by atoms with Crippen molar-refractivity contribution in [3.8, 4) is 22.8 Å². The molecule has 5 rings (SSSR count). The molecule has 0 spiro atoms. The summed E-state index contributed by atoms with van der Waals surface area (Å²) in [6, 6.07) is 16.6. The first-order valence-corrected chi connectivity index (χ1v) is 13.1. The summed E-state index contributed by atoms with van der Waals surface area (Å²) in [5.41, 5.74) is 4.60. The SMILES string of the molecule is CCN(CC)C(=O)[C@H]1CCCN(C(=O)Nc2ccc3nc(-c4ccccn4)c(-c4ccccn4)nc3c2)C1. The van der Waals surface area contributed by atoms with Crippen LogP contribution in [0, 0.1) is 5.92 Å². The number of nitrogens with zero attached hydrogens (tertiary/aromatic N) is 6. The van der Waals surface area contributed by atoms with Gasteiger partial charge in [-0.1, -0.05) is 12.1 Å². The minimum absolute atomic E-state index is 0.124. The first kappa shape index (κ1) is 25.3. The molecule has 1 aliphatic rings. The maximum absolute atomic E-state index is 13.1. The maximum atomic E-state index is 13.1. The summed E-state index contributed by atoms with van der Waals surface area (Å²) < 4.78 is 0. The van der Waals surface area contributed by atoms with E-state index in [1.54, 1.807) is 17.3 Å². The number of carbonyl (C=O) groups is 2. The van der Waals surface area contributed by atoms with Gasteiger partial charge in [-0.15, -0.1) is 0 Å². The Morgan fingerprint density at radius 1 is 0.921 bits per heavy atom. The van der Waals surface area contributed by atoms with Gasteiger partial charge in [-0.25, -0.2) is 14.8 Å². The van der Waals surface area contributed by atoms with Crippen LogP contribution in [0.2, 0.25) is 0 Å². The first-order chi connectivity index (χ1) is 18.6. The van der Waals surface area contributed by atoms with E-state index < -0.39 is 0 Å². The maximum Gasteiger partial charge on any atom is 0.321 e. The van der Waals surface area contributed by atoms with Crippen molar-refractivity contribution in [1.29, 1.82) is 0 Å². The number of anilines is 1. The van der Waals surface area contributed by atoms with Gasteiger partial charge >= 0.3 is 6.03 Å². The van der Waals surface area contributed by atoms with Crippen molar-refractivity contribution in [3.63, 3.8) is 0 Å². The molecule has 0 unspecified atom stereocenters. The molecule has 9 nitrogen and oxygen atoms in total. The van der Waals surface area contributed by atoms with Crippen molar-refractivity contribution < 1.29 is 9.59 Å². The molecule has 0 radical (unpaired) electrons. The number of likely N-dealkylation sites (tertiary alicyclic amines) is 1. The van der Waals surface area contributed by atoms with Gasteiger partial charge in [0, 0.05) is 44.3 Å². The van der Waals surface area contributed by atoms with Crippen molar-refractivity contribution in [1.82, 2.24) is 29.7 Å². The van der Waals surface area contributed by atoms with Gasteiger partial charge in [-0.3, -0.25) is 14.8 Å².